The number of ether oxygens (including phenoxy) is 3. The van der Waals surface area contributed by atoms with Gasteiger partial charge >= 0.3 is 0 Å². The van der Waals surface area contributed by atoms with Crippen LogP contribution in [0.5, 0.6) is 11.5 Å². The van der Waals surface area contributed by atoms with Crippen LogP contribution in [0.3, 0.4) is 0 Å². The molecule has 0 saturated carbocycles. The van der Waals surface area contributed by atoms with Crippen LogP contribution in [0.1, 0.15) is 45.7 Å². The second kappa shape index (κ2) is 13.0. The fourth-order valence-electron chi connectivity index (χ4n) is 7.22. The topological polar surface area (TPSA) is 108 Å². The molecule has 1 saturated heterocycles. The number of rotatable bonds is 9. The lowest BCUT2D eigenvalue weighted by Crippen LogP contribution is -2.30. The fraction of sp³-hybridized carbons (Fsp3) is 0.195. The highest BCUT2D eigenvalue weighted by Crippen LogP contribution is 2.52. The quantitative estimate of drug-likeness (QED) is 0.113. The van der Waals surface area contributed by atoms with E-state index < -0.39 is 17.8 Å². The first-order valence-electron chi connectivity index (χ1n) is 15.9. The highest BCUT2D eigenvalue weighted by atomic mass is 16.5. The Morgan fingerprint density at radius 1 is 0.875 bits per heavy atom. The van der Waals surface area contributed by atoms with Crippen molar-refractivity contribution >= 4 is 27.9 Å². The lowest BCUT2D eigenvalue weighted by molar-refractivity contribution is -0.0567. The Hall–Kier alpha value is -5.39. The Morgan fingerprint density at radius 3 is 2.31 bits per heavy atom. The molecule has 0 spiro atoms. The van der Waals surface area contributed by atoms with Crippen LogP contribution in [0.2, 0.25) is 0 Å². The molecule has 0 amide bonds. The van der Waals surface area contributed by atoms with Gasteiger partial charge in [-0.25, -0.2) is 0 Å². The molecule has 1 aliphatic heterocycles. The SMILES string of the molecule is COc1ccc(C(c2ccccc2)c2ccc(OC)c(C3(c4cc(C=CC#N)cc5c4[nH]c4ccccc45)C[C@H](O)[C@@H](CO)O3)c2)cc1. The molecule has 240 valence electrons. The predicted octanol–water partition coefficient (Wildman–Crippen LogP) is 7.44. The summed E-state index contributed by atoms with van der Waals surface area (Å²) in [6, 6.07) is 38.7. The smallest absolute Gasteiger partial charge is 0.127 e. The summed E-state index contributed by atoms with van der Waals surface area (Å²) in [5, 5.41) is 33.2. The molecule has 1 aliphatic rings. The van der Waals surface area contributed by atoms with Crippen LogP contribution in [-0.2, 0) is 10.3 Å². The highest BCUT2D eigenvalue weighted by Gasteiger charge is 2.51. The van der Waals surface area contributed by atoms with Gasteiger partial charge < -0.3 is 29.4 Å². The molecule has 7 rings (SSSR count). The monoisotopic (exact) mass is 636 g/mol. The molecule has 7 nitrogen and oxygen atoms in total. The number of methoxy groups -OCH3 is 2. The molecule has 4 atom stereocenters. The number of aliphatic hydroxyl groups excluding tert-OH is 2. The van der Waals surface area contributed by atoms with Gasteiger partial charge in [-0.05, 0) is 70.8 Å². The van der Waals surface area contributed by atoms with E-state index in [1.165, 1.54) is 6.08 Å². The molecule has 1 aromatic heterocycles. The highest BCUT2D eigenvalue weighted by molar-refractivity contribution is 6.09. The van der Waals surface area contributed by atoms with Crippen molar-refractivity contribution in [3.63, 3.8) is 0 Å². The molecule has 48 heavy (non-hydrogen) atoms. The standard InChI is InChI=1S/C41H36N2O5/c1-46-30-17-14-28(15-18-30)39(27-10-4-3-5-11-27)29-16-19-37(47-2)33(23-29)41(24-36(45)38(25-44)48-41)34-22-26(9-8-20-42)21-32-31-12-6-7-13-35(31)43-40(32)34/h3-19,21-23,36,38-39,43-45H,24-25H2,1-2H3/t36-,38+,39?,41?/m0/s1. The minimum atomic E-state index is -1.23. The number of nitrogens with zero attached hydrogens (tertiary/aromatic N) is 1. The van der Waals surface area contributed by atoms with E-state index in [9.17, 15) is 15.5 Å². The summed E-state index contributed by atoms with van der Waals surface area (Å²) in [4.78, 5) is 3.62. The third-order valence-electron chi connectivity index (χ3n) is 9.46. The van der Waals surface area contributed by atoms with Gasteiger partial charge in [-0.2, -0.15) is 5.26 Å². The van der Waals surface area contributed by atoms with Crippen LogP contribution < -0.4 is 9.47 Å². The van der Waals surface area contributed by atoms with E-state index in [0.717, 1.165) is 60.9 Å². The first-order chi connectivity index (χ1) is 23.5. The van der Waals surface area contributed by atoms with E-state index in [0.29, 0.717) is 5.75 Å². The van der Waals surface area contributed by atoms with Gasteiger partial charge in [0.15, 0.2) is 0 Å². The van der Waals surface area contributed by atoms with Crippen LogP contribution in [0.15, 0.2) is 115 Å². The molecule has 2 heterocycles. The maximum atomic E-state index is 11.4. The Bertz CT molecular complexity index is 2150. The number of hydrogen-bond donors (Lipinski definition) is 3. The normalized spacial score (nSPS) is 19.9. The summed E-state index contributed by atoms with van der Waals surface area (Å²) >= 11 is 0. The molecule has 5 aromatic carbocycles. The molecular weight excluding hydrogens is 600 g/mol. The molecule has 1 fully saturated rings. The molecule has 0 bridgehead atoms. The average Bonchev–Trinajstić information content (AvgIpc) is 3.69. The van der Waals surface area contributed by atoms with Gasteiger partial charge in [-0.15, -0.1) is 0 Å². The zero-order valence-electron chi connectivity index (χ0n) is 26.8. The first kappa shape index (κ1) is 31.2. The van der Waals surface area contributed by atoms with Gasteiger partial charge in [0.05, 0.1) is 38.5 Å². The summed E-state index contributed by atoms with van der Waals surface area (Å²) in [6.45, 7) is -0.354. The number of para-hydroxylation sites is 1. The van der Waals surface area contributed by atoms with Crippen LogP contribution in [0.25, 0.3) is 27.9 Å². The van der Waals surface area contributed by atoms with E-state index in [1.807, 2.05) is 60.7 Å². The maximum Gasteiger partial charge on any atom is 0.127 e. The van der Waals surface area contributed by atoms with Gasteiger partial charge in [-0.3, -0.25) is 0 Å². The summed E-state index contributed by atoms with van der Waals surface area (Å²) < 4.78 is 18.4. The van der Waals surface area contributed by atoms with Crippen LogP contribution >= 0.6 is 0 Å². The molecule has 3 N–H and O–H groups in total. The molecule has 0 radical (unpaired) electrons. The number of nitriles is 1. The largest absolute Gasteiger partial charge is 0.497 e. The molecule has 2 unspecified atom stereocenters. The van der Waals surface area contributed by atoms with E-state index in [-0.39, 0.29) is 18.9 Å². The van der Waals surface area contributed by atoms with Gasteiger partial charge in [0, 0.05) is 45.8 Å². The summed E-state index contributed by atoms with van der Waals surface area (Å²) in [5.74, 6) is 1.22. The Labute approximate surface area is 279 Å². The Balaban J connectivity index is 1.52. The zero-order chi connectivity index (χ0) is 33.3. The van der Waals surface area contributed by atoms with Crippen molar-refractivity contribution in [2.75, 3.05) is 20.8 Å². The predicted molar refractivity (Wildman–Crippen MR) is 187 cm³/mol. The fourth-order valence-corrected chi connectivity index (χ4v) is 7.22. The van der Waals surface area contributed by atoms with Crippen molar-refractivity contribution in [1.29, 1.82) is 5.26 Å². The third-order valence-corrected chi connectivity index (χ3v) is 9.46. The summed E-state index contributed by atoms with van der Waals surface area (Å²) in [6.07, 6.45) is 1.62. The number of aromatic amines is 1. The molecular formula is C41H36N2O5. The number of allylic oxidation sites excluding steroid dienone is 1. The molecule has 6 aromatic rings. The average molecular weight is 637 g/mol. The summed E-state index contributed by atoms with van der Waals surface area (Å²) in [7, 11) is 3.29. The third kappa shape index (κ3) is 5.40. The van der Waals surface area contributed by atoms with E-state index in [2.05, 4.69) is 59.6 Å². The number of aromatic nitrogens is 1. The molecule has 0 aliphatic carbocycles. The van der Waals surface area contributed by atoms with Gasteiger partial charge in [0.1, 0.15) is 23.2 Å². The number of nitrogens with one attached hydrogen (secondary N) is 1. The summed E-state index contributed by atoms with van der Waals surface area (Å²) in [5.41, 5.74) is 6.07. The van der Waals surface area contributed by atoms with Crippen molar-refractivity contribution < 1.29 is 24.4 Å². The van der Waals surface area contributed by atoms with E-state index in [4.69, 9.17) is 14.2 Å². The van der Waals surface area contributed by atoms with Crippen molar-refractivity contribution in [1.82, 2.24) is 4.98 Å². The van der Waals surface area contributed by atoms with Crippen molar-refractivity contribution in [3.8, 4) is 17.6 Å². The second-order valence-corrected chi connectivity index (χ2v) is 12.1. The van der Waals surface area contributed by atoms with Crippen LogP contribution in [0.4, 0.5) is 0 Å². The minimum absolute atomic E-state index is 0.142. The molecule has 7 heteroatoms. The number of hydrogen-bond acceptors (Lipinski definition) is 6. The number of H-pyrrole nitrogens is 1. The number of benzene rings is 5. The zero-order valence-corrected chi connectivity index (χ0v) is 26.8. The van der Waals surface area contributed by atoms with Gasteiger partial charge in [0.25, 0.3) is 0 Å². The van der Waals surface area contributed by atoms with Crippen molar-refractivity contribution in [3.05, 3.63) is 149 Å². The second-order valence-electron chi connectivity index (χ2n) is 12.1. The minimum Gasteiger partial charge on any atom is -0.497 e. The van der Waals surface area contributed by atoms with Crippen molar-refractivity contribution in [2.45, 2.75) is 30.1 Å². The number of fused-ring (bicyclic) bond motifs is 3. The lowest BCUT2D eigenvalue weighted by Gasteiger charge is -2.33. The van der Waals surface area contributed by atoms with Gasteiger partial charge in [0.2, 0.25) is 0 Å². The van der Waals surface area contributed by atoms with Gasteiger partial charge in [-0.1, -0.05) is 66.7 Å². The lowest BCUT2D eigenvalue weighted by atomic mass is 9.78. The van der Waals surface area contributed by atoms with Crippen LogP contribution in [0, 0.1) is 11.3 Å². The van der Waals surface area contributed by atoms with E-state index in [1.54, 1.807) is 20.3 Å². The van der Waals surface area contributed by atoms with Crippen molar-refractivity contribution in [2.24, 2.45) is 0 Å². The Morgan fingerprint density at radius 2 is 1.60 bits per heavy atom. The number of aliphatic hydroxyl groups is 2. The van der Waals surface area contributed by atoms with Crippen LogP contribution in [-0.4, -0.2) is 48.2 Å². The first-order valence-corrected chi connectivity index (χ1v) is 15.9. The maximum absolute atomic E-state index is 11.4. The van der Waals surface area contributed by atoms with E-state index >= 15 is 0 Å². The Kier molecular flexibility index (Phi) is 8.47.